The number of carbonyl (C=O) groups is 2. The molecule has 0 radical (unpaired) electrons. The molecular weight excluding hydrogens is 474 g/mol. The van der Waals surface area contributed by atoms with Gasteiger partial charge in [0.05, 0.1) is 17.4 Å². The van der Waals surface area contributed by atoms with Gasteiger partial charge in [-0.25, -0.2) is 4.39 Å². The third-order valence-electron chi connectivity index (χ3n) is 8.92. The van der Waals surface area contributed by atoms with Crippen LogP contribution in [0.3, 0.4) is 0 Å². The van der Waals surface area contributed by atoms with Gasteiger partial charge in [-0.3, -0.25) is 9.59 Å². The van der Waals surface area contributed by atoms with Gasteiger partial charge in [-0.2, -0.15) is 0 Å². The highest BCUT2D eigenvalue weighted by atomic mass is 35.5. The van der Waals surface area contributed by atoms with Crippen molar-refractivity contribution in [1.82, 2.24) is 0 Å². The Morgan fingerprint density at radius 1 is 1.28 bits per heavy atom. The molecule has 0 aliphatic heterocycles. The molecular formula is C24H29Cl2FO4S. The molecule has 0 saturated heterocycles. The van der Waals surface area contributed by atoms with Crippen LogP contribution in [0.15, 0.2) is 23.8 Å². The van der Waals surface area contributed by atoms with Crippen LogP contribution in [0.1, 0.15) is 47.0 Å². The Bertz CT molecular complexity index is 952. The molecule has 32 heavy (non-hydrogen) atoms. The number of thiocarbonyl (C=S) groups is 1. The number of hydrogen-bond acceptors (Lipinski definition) is 5. The molecule has 0 aromatic heterocycles. The predicted octanol–water partition coefficient (Wildman–Crippen LogP) is 5.34. The molecule has 0 heterocycles. The second kappa shape index (κ2) is 7.51. The van der Waals surface area contributed by atoms with Gasteiger partial charge in [-0.05, 0) is 61.0 Å². The van der Waals surface area contributed by atoms with E-state index in [0.29, 0.717) is 18.4 Å². The molecule has 0 amide bonds. The van der Waals surface area contributed by atoms with E-state index in [0.717, 1.165) is 0 Å². The van der Waals surface area contributed by atoms with Crippen LogP contribution in [0, 0.1) is 28.6 Å². The number of allylic oxidation sites excluding steroid dienone is 4. The Labute approximate surface area is 203 Å². The number of ketones is 1. The number of carbonyl (C=O) groups excluding carboxylic acids is 2. The molecule has 4 aliphatic carbocycles. The summed E-state index contributed by atoms with van der Waals surface area (Å²) in [6, 6.07) is 0. The van der Waals surface area contributed by atoms with Crippen LogP contribution in [0.25, 0.3) is 0 Å². The number of methoxy groups -OCH3 is 1. The maximum Gasteiger partial charge on any atom is 0.303 e. The number of halogens is 3. The lowest BCUT2D eigenvalue weighted by molar-refractivity contribution is -0.172. The Morgan fingerprint density at radius 3 is 2.53 bits per heavy atom. The molecule has 3 fully saturated rings. The maximum absolute atomic E-state index is 15.6. The van der Waals surface area contributed by atoms with Crippen molar-refractivity contribution in [2.24, 2.45) is 28.6 Å². The Kier molecular flexibility index (Phi) is 5.67. The van der Waals surface area contributed by atoms with Crippen LogP contribution in [-0.2, 0) is 19.1 Å². The van der Waals surface area contributed by atoms with Crippen molar-refractivity contribution in [2.75, 3.05) is 7.11 Å². The Hall–Kier alpha value is -0.980. The zero-order valence-corrected chi connectivity index (χ0v) is 21.2. The minimum Gasteiger partial charge on any atom is -0.487 e. The lowest BCUT2D eigenvalue weighted by Crippen LogP contribution is -2.69. The monoisotopic (exact) mass is 502 g/mol. The number of alkyl halides is 3. The maximum atomic E-state index is 15.6. The van der Waals surface area contributed by atoms with Gasteiger partial charge in [0.2, 0.25) is 5.05 Å². The molecule has 0 unspecified atom stereocenters. The largest absolute Gasteiger partial charge is 0.487 e. The molecule has 0 aromatic rings. The van der Waals surface area contributed by atoms with Gasteiger partial charge in [-0.1, -0.05) is 26.8 Å². The lowest BCUT2D eigenvalue weighted by Gasteiger charge is -2.64. The summed E-state index contributed by atoms with van der Waals surface area (Å²) >= 11 is 20.2. The smallest absolute Gasteiger partial charge is 0.303 e. The average molecular weight is 503 g/mol. The van der Waals surface area contributed by atoms with Gasteiger partial charge >= 0.3 is 5.97 Å². The van der Waals surface area contributed by atoms with E-state index in [1.165, 1.54) is 26.2 Å². The first-order chi connectivity index (χ1) is 14.8. The summed E-state index contributed by atoms with van der Waals surface area (Å²) in [5, 5.41) is -0.382. The van der Waals surface area contributed by atoms with Crippen LogP contribution in [0.5, 0.6) is 0 Å². The molecule has 176 valence electrons. The average Bonchev–Trinajstić information content (AvgIpc) is 2.92. The van der Waals surface area contributed by atoms with Crippen molar-refractivity contribution >= 4 is 52.2 Å². The van der Waals surface area contributed by atoms with Crippen LogP contribution in [0.4, 0.5) is 4.39 Å². The SMILES string of the molecule is COC(=S)[C@@]1(OC(C)=O)[C@@H](C)C[C@H]2[C@@H]3C[C@@H](F)C4=CC(=O)C=C[C@]4(C)[C@@]3(Cl)[C@@H](Cl)C[C@@]21C. The van der Waals surface area contributed by atoms with Crippen LogP contribution >= 0.6 is 35.4 Å². The summed E-state index contributed by atoms with van der Waals surface area (Å²) < 4.78 is 27.1. The highest BCUT2D eigenvalue weighted by Gasteiger charge is 2.76. The van der Waals surface area contributed by atoms with Crippen molar-refractivity contribution in [1.29, 1.82) is 0 Å². The first-order valence-electron chi connectivity index (χ1n) is 11.0. The molecule has 0 aromatic carbocycles. The minimum atomic E-state index is -1.31. The number of rotatable bonds is 2. The van der Waals surface area contributed by atoms with Crippen molar-refractivity contribution in [3.63, 3.8) is 0 Å². The topological polar surface area (TPSA) is 52.6 Å². The van der Waals surface area contributed by atoms with Crippen molar-refractivity contribution < 1.29 is 23.5 Å². The first-order valence-corrected chi connectivity index (χ1v) is 12.2. The van der Waals surface area contributed by atoms with Crippen LogP contribution in [-0.4, -0.2) is 45.9 Å². The highest BCUT2D eigenvalue weighted by molar-refractivity contribution is 7.80. The highest BCUT2D eigenvalue weighted by Crippen LogP contribution is 2.73. The van der Waals surface area contributed by atoms with E-state index in [1.807, 2.05) is 20.8 Å². The fraction of sp³-hybridized carbons (Fsp3) is 0.708. The fourth-order valence-electron chi connectivity index (χ4n) is 7.53. The van der Waals surface area contributed by atoms with Crippen molar-refractivity contribution in [3.05, 3.63) is 23.8 Å². The second-order valence-corrected chi connectivity index (χ2v) is 11.8. The number of esters is 1. The summed E-state index contributed by atoms with van der Waals surface area (Å²) in [5.74, 6) is -1.28. The molecule has 0 bridgehead atoms. The summed E-state index contributed by atoms with van der Waals surface area (Å²) in [6.45, 7) is 7.24. The van der Waals surface area contributed by atoms with Gasteiger partial charge in [0.25, 0.3) is 0 Å². The second-order valence-electron chi connectivity index (χ2n) is 10.3. The molecule has 0 spiro atoms. The predicted molar refractivity (Wildman–Crippen MR) is 126 cm³/mol. The lowest BCUT2D eigenvalue weighted by atomic mass is 9.46. The van der Waals surface area contributed by atoms with E-state index in [2.05, 4.69) is 0 Å². The zero-order valence-electron chi connectivity index (χ0n) is 18.9. The summed E-state index contributed by atoms with van der Waals surface area (Å²) in [4.78, 5) is 23.3. The molecule has 8 heteroatoms. The quantitative estimate of drug-likeness (QED) is 0.289. The third-order valence-corrected chi connectivity index (χ3v) is 10.9. The van der Waals surface area contributed by atoms with Crippen LogP contribution in [0.2, 0.25) is 0 Å². The van der Waals surface area contributed by atoms with Crippen LogP contribution < -0.4 is 0 Å². The van der Waals surface area contributed by atoms with Gasteiger partial charge < -0.3 is 9.47 Å². The molecule has 3 saturated carbocycles. The number of fused-ring (bicyclic) bond motifs is 5. The molecule has 4 nitrogen and oxygen atoms in total. The molecule has 9 atom stereocenters. The Balaban J connectivity index is 1.89. The zero-order chi connectivity index (χ0) is 23.9. The van der Waals surface area contributed by atoms with E-state index in [-0.39, 0.29) is 35.0 Å². The third kappa shape index (κ3) is 2.75. The van der Waals surface area contributed by atoms with E-state index >= 15 is 4.39 Å². The van der Waals surface area contributed by atoms with Gasteiger partial charge in [-0.15, -0.1) is 23.2 Å². The van der Waals surface area contributed by atoms with E-state index in [4.69, 9.17) is 44.9 Å². The van der Waals surface area contributed by atoms with Gasteiger partial charge in [0.1, 0.15) is 6.17 Å². The van der Waals surface area contributed by atoms with E-state index < -0.39 is 38.8 Å². The van der Waals surface area contributed by atoms with E-state index in [1.54, 1.807) is 6.08 Å². The standard InChI is InChI=1S/C24H29Cl2FO4S/c1-12-8-15-16-10-18(27)17-9-14(29)6-7-21(17,3)23(16,26)19(25)11-22(15,4)24(12,20(32)30-5)31-13(2)28/h6-7,9,12,15-16,18-19H,8,10-11H2,1-5H3/t12-,15-,16-,18+,19-,21-,22-,23-,24-/m0/s1. The minimum absolute atomic E-state index is 0.111. The summed E-state index contributed by atoms with van der Waals surface area (Å²) in [6.07, 6.45) is 4.45. The summed E-state index contributed by atoms with van der Waals surface area (Å²) in [5.41, 5.74) is -2.36. The number of hydrogen-bond donors (Lipinski definition) is 0. The number of ether oxygens (including phenoxy) is 2. The first kappa shape index (κ1) is 24.2. The van der Waals surface area contributed by atoms with Crippen molar-refractivity contribution in [3.8, 4) is 0 Å². The van der Waals surface area contributed by atoms with Gasteiger partial charge in [0.15, 0.2) is 11.4 Å². The molecule has 0 N–H and O–H groups in total. The fourth-order valence-corrected chi connectivity index (χ4v) is 9.21. The molecule has 4 aliphatic rings. The normalized spacial score (nSPS) is 49.4. The molecule has 4 rings (SSSR count). The van der Waals surface area contributed by atoms with Crippen molar-refractivity contribution in [2.45, 2.75) is 69.0 Å². The Morgan fingerprint density at radius 2 is 1.94 bits per heavy atom. The van der Waals surface area contributed by atoms with Gasteiger partial charge in [0, 0.05) is 23.7 Å². The van der Waals surface area contributed by atoms with E-state index in [9.17, 15) is 9.59 Å². The summed E-state index contributed by atoms with van der Waals surface area (Å²) in [7, 11) is 1.48.